The standard InChI is InChI=1S/C13H16N2O5/c1-20-10-4-2-3-8(12(10)17)7-15-9(13(18)19)5-6-11(14)16/h2-4,7,9,17H,5-6H2,1H3,(H2,14,16)(H,18,19). The zero-order valence-electron chi connectivity index (χ0n) is 10.9. The van der Waals surface area contributed by atoms with Crippen molar-refractivity contribution in [3.8, 4) is 11.5 Å². The normalized spacial score (nSPS) is 12.2. The van der Waals surface area contributed by atoms with Gasteiger partial charge in [0.05, 0.1) is 7.11 Å². The summed E-state index contributed by atoms with van der Waals surface area (Å²) in [5, 5.41) is 18.8. The van der Waals surface area contributed by atoms with Gasteiger partial charge in [-0.2, -0.15) is 0 Å². The molecule has 0 aliphatic heterocycles. The van der Waals surface area contributed by atoms with Gasteiger partial charge in [0.25, 0.3) is 0 Å². The first-order valence-corrected chi connectivity index (χ1v) is 5.86. The SMILES string of the molecule is COc1cccc(C=NC(CCC(N)=O)C(=O)O)c1O. The number of hydrogen-bond donors (Lipinski definition) is 3. The lowest BCUT2D eigenvalue weighted by atomic mass is 10.1. The van der Waals surface area contributed by atoms with Gasteiger partial charge < -0.3 is 20.7 Å². The zero-order valence-corrected chi connectivity index (χ0v) is 10.9. The Morgan fingerprint density at radius 1 is 1.50 bits per heavy atom. The Morgan fingerprint density at radius 3 is 2.75 bits per heavy atom. The van der Waals surface area contributed by atoms with Crippen LogP contribution in [0.4, 0.5) is 0 Å². The van der Waals surface area contributed by atoms with Gasteiger partial charge in [0.2, 0.25) is 5.91 Å². The van der Waals surface area contributed by atoms with Crippen LogP contribution in [-0.2, 0) is 9.59 Å². The number of rotatable bonds is 7. The number of carboxylic acid groups (broad SMARTS) is 1. The second-order valence-electron chi connectivity index (χ2n) is 4.04. The van der Waals surface area contributed by atoms with E-state index < -0.39 is 17.9 Å². The van der Waals surface area contributed by atoms with E-state index in [0.29, 0.717) is 5.56 Å². The summed E-state index contributed by atoms with van der Waals surface area (Å²) >= 11 is 0. The van der Waals surface area contributed by atoms with Gasteiger partial charge in [-0.25, -0.2) is 4.79 Å². The second kappa shape index (κ2) is 7.13. The van der Waals surface area contributed by atoms with Crippen LogP contribution in [0.3, 0.4) is 0 Å². The molecule has 20 heavy (non-hydrogen) atoms. The molecule has 0 aliphatic carbocycles. The molecule has 0 spiro atoms. The molecule has 1 rings (SSSR count). The number of carbonyl (C=O) groups excluding carboxylic acids is 1. The summed E-state index contributed by atoms with van der Waals surface area (Å²) in [7, 11) is 1.41. The molecule has 7 nitrogen and oxygen atoms in total. The fourth-order valence-electron chi connectivity index (χ4n) is 1.52. The molecule has 7 heteroatoms. The number of benzene rings is 1. The number of carboxylic acids is 1. The Bertz CT molecular complexity index is 527. The number of aliphatic imine (C=N–C) groups is 1. The van der Waals surface area contributed by atoms with Crippen molar-refractivity contribution in [2.24, 2.45) is 10.7 Å². The summed E-state index contributed by atoms with van der Waals surface area (Å²) in [5.74, 6) is -1.61. The molecule has 1 unspecified atom stereocenters. The zero-order chi connectivity index (χ0) is 15.1. The maximum Gasteiger partial charge on any atom is 0.328 e. The number of ether oxygens (including phenoxy) is 1. The minimum Gasteiger partial charge on any atom is -0.504 e. The quantitative estimate of drug-likeness (QED) is 0.629. The van der Waals surface area contributed by atoms with E-state index >= 15 is 0 Å². The first-order chi connectivity index (χ1) is 9.45. The fraction of sp³-hybridized carbons (Fsp3) is 0.308. The van der Waals surface area contributed by atoms with E-state index in [1.165, 1.54) is 13.3 Å². The first-order valence-electron chi connectivity index (χ1n) is 5.86. The molecule has 0 fully saturated rings. The van der Waals surface area contributed by atoms with Gasteiger partial charge >= 0.3 is 5.97 Å². The minimum atomic E-state index is -1.16. The van der Waals surface area contributed by atoms with Gasteiger partial charge in [0.15, 0.2) is 11.5 Å². The molecule has 0 aromatic heterocycles. The van der Waals surface area contributed by atoms with Gasteiger partial charge in [-0.1, -0.05) is 6.07 Å². The molecular formula is C13H16N2O5. The predicted molar refractivity (Wildman–Crippen MR) is 72.1 cm³/mol. The van der Waals surface area contributed by atoms with Crippen LogP contribution >= 0.6 is 0 Å². The van der Waals surface area contributed by atoms with Crippen molar-refractivity contribution in [1.82, 2.24) is 0 Å². The molecule has 0 bridgehead atoms. The number of para-hydroxylation sites is 1. The Hall–Kier alpha value is -2.57. The summed E-state index contributed by atoms with van der Waals surface area (Å²) in [6, 6.07) is 3.68. The molecule has 4 N–H and O–H groups in total. The van der Waals surface area contributed by atoms with Crippen molar-refractivity contribution >= 4 is 18.1 Å². The lowest BCUT2D eigenvalue weighted by Gasteiger charge is -2.07. The lowest BCUT2D eigenvalue weighted by Crippen LogP contribution is -2.21. The average molecular weight is 280 g/mol. The van der Waals surface area contributed by atoms with Crippen molar-refractivity contribution in [1.29, 1.82) is 0 Å². The largest absolute Gasteiger partial charge is 0.504 e. The lowest BCUT2D eigenvalue weighted by molar-refractivity contribution is -0.138. The number of nitrogens with zero attached hydrogens (tertiary/aromatic N) is 1. The van der Waals surface area contributed by atoms with Gasteiger partial charge in [-0.15, -0.1) is 0 Å². The molecular weight excluding hydrogens is 264 g/mol. The topological polar surface area (TPSA) is 122 Å². The molecule has 0 aliphatic rings. The number of aliphatic carboxylic acids is 1. The number of nitrogens with two attached hydrogens (primary N) is 1. The average Bonchev–Trinajstić information content (AvgIpc) is 2.39. The minimum absolute atomic E-state index is 0.00585. The second-order valence-corrected chi connectivity index (χ2v) is 4.04. The van der Waals surface area contributed by atoms with Crippen molar-refractivity contribution in [2.75, 3.05) is 7.11 Å². The number of primary amides is 1. The van der Waals surface area contributed by atoms with Crippen LogP contribution in [-0.4, -0.2) is 41.5 Å². The maximum absolute atomic E-state index is 11.0. The van der Waals surface area contributed by atoms with E-state index in [1.807, 2.05) is 0 Å². The monoisotopic (exact) mass is 280 g/mol. The first kappa shape index (κ1) is 15.5. The van der Waals surface area contributed by atoms with Crippen molar-refractivity contribution in [3.05, 3.63) is 23.8 Å². The third-order valence-electron chi connectivity index (χ3n) is 2.59. The molecule has 108 valence electrons. The highest BCUT2D eigenvalue weighted by molar-refractivity contribution is 5.87. The van der Waals surface area contributed by atoms with Crippen LogP contribution in [0.5, 0.6) is 11.5 Å². The van der Waals surface area contributed by atoms with Crippen molar-refractivity contribution in [3.63, 3.8) is 0 Å². The van der Waals surface area contributed by atoms with Crippen LogP contribution in [0.25, 0.3) is 0 Å². The molecule has 0 radical (unpaired) electrons. The number of carbonyl (C=O) groups is 2. The van der Waals surface area contributed by atoms with E-state index in [1.54, 1.807) is 18.2 Å². The molecule has 1 atom stereocenters. The third-order valence-corrected chi connectivity index (χ3v) is 2.59. The Morgan fingerprint density at radius 2 is 2.20 bits per heavy atom. The molecule has 0 saturated carbocycles. The van der Waals surface area contributed by atoms with Crippen LogP contribution < -0.4 is 10.5 Å². The maximum atomic E-state index is 11.0. The molecule has 1 aromatic rings. The smallest absolute Gasteiger partial charge is 0.328 e. The van der Waals surface area contributed by atoms with Crippen LogP contribution in [0.1, 0.15) is 18.4 Å². The number of hydrogen-bond acceptors (Lipinski definition) is 5. The number of amides is 1. The van der Waals surface area contributed by atoms with Crippen LogP contribution in [0.15, 0.2) is 23.2 Å². The number of methoxy groups -OCH3 is 1. The van der Waals surface area contributed by atoms with E-state index in [9.17, 15) is 14.7 Å². The molecule has 0 saturated heterocycles. The van der Waals surface area contributed by atoms with E-state index in [-0.39, 0.29) is 24.3 Å². The highest BCUT2D eigenvalue weighted by Crippen LogP contribution is 2.28. The Labute approximate surface area is 115 Å². The third kappa shape index (κ3) is 4.27. The summed E-state index contributed by atoms with van der Waals surface area (Å²) in [6.45, 7) is 0. The number of aromatic hydroxyl groups is 1. The fourth-order valence-corrected chi connectivity index (χ4v) is 1.52. The van der Waals surface area contributed by atoms with E-state index in [0.717, 1.165) is 0 Å². The van der Waals surface area contributed by atoms with Gasteiger partial charge in [-0.3, -0.25) is 9.79 Å². The Balaban J connectivity index is 2.87. The summed E-state index contributed by atoms with van der Waals surface area (Å²) < 4.78 is 4.93. The molecule has 1 amide bonds. The highest BCUT2D eigenvalue weighted by Gasteiger charge is 2.16. The van der Waals surface area contributed by atoms with Crippen LogP contribution in [0.2, 0.25) is 0 Å². The van der Waals surface area contributed by atoms with Crippen molar-refractivity contribution < 1.29 is 24.5 Å². The van der Waals surface area contributed by atoms with Crippen molar-refractivity contribution in [2.45, 2.75) is 18.9 Å². The summed E-state index contributed by atoms with van der Waals surface area (Å²) in [6.07, 6.45) is 1.17. The van der Waals surface area contributed by atoms with Crippen LogP contribution in [0, 0.1) is 0 Å². The van der Waals surface area contributed by atoms with Gasteiger partial charge in [0.1, 0.15) is 6.04 Å². The molecule has 1 aromatic carbocycles. The number of phenolic OH excluding ortho intramolecular Hbond substituents is 1. The summed E-state index contributed by atoms with van der Waals surface area (Å²) in [4.78, 5) is 25.5. The van der Waals surface area contributed by atoms with E-state index in [2.05, 4.69) is 4.99 Å². The number of phenols is 1. The summed E-state index contributed by atoms with van der Waals surface area (Å²) in [5.41, 5.74) is 5.30. The Kier molecular flexibility index (Phi) is 5.52. The molecule has 0 heterocycles. The van der Waals surface area contributed by atoms with Gasteiger partial charge in [-0.05, 0) is 18.6 Å². The van der Waals surface area contributed by atoms with Gasteiger partial charge in [0, 0.05) is 18.2 Å². The highest BCUT2D eigenvalue weighted by atomic mass is 16.5. The predicted octanol–water partition coefficient (Wildman–Crippen LogP) is 0.538. The van der Waals surface area contributed by atoms with E-state index in [4.69, 9.17) is 15.6 Å².